The predicted molar refractivity (Wildman–Crippen MR) is 37.2 cm³/mol. The average molecular weight is 104 g/mol. The van der Waals surface area contributed by atoms with Crippen LogP contribution in [-0.2, 0) is 0 Å². The van der Waals surface area contributed by atoms with Gasteiger partial charge < -0.3 is 0 Å². The number of hydrogen-bond acceptors (Lipinski definition) is 0. The zero-order valence-electron chi connectivity index (χ0n) is 6.04. The molecule has 0 unspecified atom stereocenters. The molecule has 1 saturated carbocycles. The topological polar surface area (TPSA) is 0 Å². The molecule has 0 saturated heterocycles. The zero-order chi connectivity index (χ0) is 6.04. The summed E-state index contributed by atoms with van der Waals surface area (Å²) >= 11 is 2.38. The summed E-state index contributed by atoms with van der Waals surface area (Å²) in [6, 6.07) is 0. The van der Waals surface area contributed by atoms with Crippen molar-refractivity contribution in [1.82, 2.24) is 0 Å². The molecule has 0 aromatic carbocycles. The Labute approximate surface area is 61.2 Å². The summed E-state index contributed by atoms with van der Waals surface area (Å²) in [5, 5.41) is 0. The Kier molecular flexibility index (Phi) is 2.06. The van der Waals surface area contributed by atoms with Crippen LogP contribution >= 0.6 is 0 Å². The predicted octanol–water partition coefficient (Wildman–Crippen LogP) is 2.30. The van der Waals surface area contributed by atoms with Crippen LogP contribution in [0.1, 0.15) is 39.0 Å². The Bertz CT molecular complexity index is 68.5. The Balaban J connectivity index is 2.33. The molecule has 1 heteroatoms. The van der Waals surface area contributed by atoms with E-state index in [4.69, 9.17) is 0 Å². The van der Waals surface area contributed by atoms with Crippen molar-refractivity contribution in [3.05, 3.63) is 0 Å². The molecule has 8 heavy (non-hydrogen) atoms. The van der Waals surface area contributed by atoms with Crippen LogP contribution in [0.3, 0.4) is 0 Å². The van der Waals surface area contributed by atoms with Gasteiger partial charge in [-0.2, -0.15) is 0 Å². The Morgan fingerprint density at radius 3 is 1.88 bits per heavy atom. The first kappa shape index (κ1) is 6.71. The van der Waals surface area contributed by atoms with Crippen molar-refractivity contribution < 1.29 is 0 Å². The van der Waals surface area contributed by atoms with E-state index in [9.17, 15) is 0 Å². The van der Waals surface area contributed by atoms with E-state index in [0.29, 0.717) is 4.09 Å². The fraction of sp³-hybridized carbons (Fsp3) is 1.00. The van der Waals surface area contributed by atoms with Crippen LogP contribution in [0, 0.1) is 0 Å². The van der Waals surface area contributed by atoms with E-state index in [-0.39, 0.29) is 0 Å². The van der Waals surface area contributed by atoms with Gasteiger partial charge >= 0.3 is 60.8 Å². The third-order valence-corrected chi connectivity index (χ3v) is 2.21. The van der Waals surface area contributed by atoms with Gasteiger partial charge in [0, 0.05) is 0 Å². The van der Waals surface area contributed by atoms with Crippen LogP contribution in [0.5, 0.6) is 0 Å². The van der Waals surface area contributed by atoms with Crippen molar-refractivity contribution in [3.8, 4) is 0 Å². The number of rotatable bonds is 0. The molecule has 0 radical (unpaired) electrons. The van der Waals surface area contributed by atoms with E-state index < -0.39 is 0 Å². The van der Waals surface area contributed by atoms with E-state index in [2.05, 4.69) is 24.6 Å². The summed E-state index contributed by atoms with van der Waals surface area (Å²) in [4.78, 5) is 0. The molecule has 1 aliphatic rings. The molecule has 1 aliphatic carbocycles. The summed E-state index contributed by atoms with van der Waals surface area (Å²) in [6.07, 6.45) is 7.31. The van der Waals surface area contributed by atoms with Gasteiger partial charge in [-0.25, -0.2) is 0 Å². The molecular weight excluding hydrogens is 91.0 g/mol. The van der Waals surface area contributed by atoms with Gasteiger partial charge in [-0.05, 0) is 0 Å². The molecule has 42 valence electrons. The Hall–Kier alpha value is 0.597. The van der Waals surface area contributed by atoms with Gasteiger partial charge in [0.25, 0.3) is 0 Å². The van der Waals surface area contributed by atoms with E-state index in [1.54, 1.807) is 0 Å². The van der Waals surface area contributed by atoms with Crippen LogP contribution in [0.4, 0.5) is 0 Å². The first-order valence-electron chi connectivity index (χ1n) is 3.71. The van der Waals surface area contributed by atoms with Gasteiger partial charge in [0.05, 0.1) is 0 Å². The third kappa shape index (κ3) is 1.84. The quantitative estimate of drug-likeness (QED) is 0.413. The van der Waals surface area contributed by atoms with Gasteiger partial charge in [0.1, 0.15) is 0 Å². The minimum absolute atomic E-state index is 0.679. The van der Waals surface area contributed by atoms with E-state index in [1.165, 1.54) is 32.1 Å². The second kappa shape index (κ2) is 2.46. The molecule has 0 aliphatic heterocycles. The van der Waals surface area contributed by atoms with Gasteiger partial charge in [0.2, 0.25) is 0 Å². The molecule has 0 aromatic heterocycles. The monoisotopic (exact) mass is 104 g/mol. The molecule has 0 aromatic rings. The Morgan fingerprint density at radius 1 is 1.12 bits per heavy atom. The second-order valence-electron chi connectivity index (χ2n) is 3.72. The van der Waals surface area contributed by atoms with E-state index >= 15 is 0 Å². The second-order valence-corrected chi connectivity index (χ2v) is 3.72. The van der Waals surface area contributed by atoms with Crippen LogP contribution in [-0.4, -0.2) is 17.7 Å². The maximum atomic E-state index is 2.38. The van der Waals surface area contributed by atoms with Gasteiger partial charge in [-0.1, -0.05) is 0 Å². The van der Waals surface area contributed by atoms with Crippen molar-refractivity contribution in [3.63, 3.8) is 0 Å². The molecule has 0 heterocycles. The van der Waals surface area contributed by atoms with E-state index in [1.807, 2.05) is 0 Å². The fourth-order valence-electron chi connectivity index (χ4n) is 1.51. The van der Waals surface area contributed by atoms with Crippen molar-refractivity contribution in [2.24, 2.45) is 0 Å². The SMILES string of the molecule is [Li][C]1(C)CCCCC1. The van der Waals surface area contributed by atoms with Crippen LogP contribution in [0.25, 0.3) is 0 Å². The molecule has 0 N–H and O–H groups in total. The summed E-state index contributed by atoms with van der Waals surface area (Å²) in [7, 11) is 0. The third-order valence-electron chi connectivity index (χ3n) is 2.21. The number of hydrogen-bond donors (Lipinski definition) is 0. The van der Waals surface area contributed by atoms with Crippen LogP contribution < -0.4 is 0 Å². The first-order chi connectivity index (χ1) is 3.71. The zero-order valence-corrected chi connectivity index (χ0v) is 6.04. The molecule has 1 rings (SSSR count). The summed E-state index contributed by atoms with van der Waals surface area (Å²) in [6.45, 7) is 2.38. The molecule has 0 spiro atoms. The fourth-order valence-corrected chi connectivity index (χ4v) is 1.51. The van der Waals surface area contributed by atoms with Crippen molar-refractivity contribution in [1.29, 1.82) is 0 Å². The van der Waals surface area contributed by atoms with Crippen molar-refractivity contribution in [2.75, 3.05) is 0 Å². The summed E-state index contributed by atoms with van der Waals surface area (Å²) in [5.74, 6) is 0. The summed E-state index contributed by atoms with van der Waals surface area (Å²) < 4.78 is 0.679. The maximum absolute atomic E-state index is 2.38. The van der Waals surface area contributed by atoms with Crippen molar-refractivity contribution >= 4 is 17.7 Å². The van der Waals surface area contributed by atoms with Gasteiger partial charge in [-0.3, -0.25) is 0 Å². The molecule has 1 fully saturated rings. The molecule has 0 atom stereocenters. The normalized spacial score (nSPS) is 27.9. The Morgan fingerprint density at radius 2 is 1.62 bits per heavy atom. The summed E-state index contributed by atoms with van der Waals surface area (Å²) in [5.41, 5.74) is 0. The first-order valence-corrected chi connectivity index (χ1v) is 3.71. The van der Waals surface area contributed by atoms with E-state index in [0.717, 1.165) is 0 Å². The molecule has 0 nitrogen and oxygen atoms in total. The van der Waals surface area contributed by atoms with Crippen LogP contribution in [0.2, 0.25) is 4.09 Å². The standard InChI is InChI=1S/C7H13.Li/c1-7-5-3-2-4-6-7;/h2-6H2,1H3;. The van der Waals surface area contributed by atoms with Crippen molar-refractivity contribution in [2.45, 2.75) is 43.1 Å². The molecule has 0 amide bonds. The van der Waals surface area contributed by atoms with Gasteiger partial charge in [0.15, 0.2) is 0 Å². The minimum atomic E-state index is 0.679. The molecule has 0 bridgehead atoms. The van der Waals surface area contributed by atoms with Gasteiger partial charge in [-0.15, -0.1) is 0 Å². The molecular formula is C7H13Li. The average Bonchev–Trinajstić information content (AvgIpc) is 1.65. The van der Waals surface area contributed by atoms with Crippen LogP contribution in [0.15, 0.2) is 0 Å².